The van der Waals surface area contributed by atoms with Gasteiger partial charge in [-0.25, -0.2) is 0 Å². The van der Waals surface area contributed by atoms with Crippen LogP contribution in [0.25, 0.3) is 0 Å². The predicted octanol–water partition coefficient (Wildman–Crippen LogP) is 9.02. The number of hydrogen-bond acceptors (Lipinski definition) is 7. The second-order valence-corrected chi connectivity index (χ2v) is 17.1. The molecule has 0 aromatic rings. The summed E-state index contributed by atoms with van der Waals surface area (Å²) >= 11 is 0. The van der Waals surface area contributed by atoms with Crippen LogP contribution in [0.2, 0.25) is 0 Å². The molecule has 0 radical (unpaired) electrons. The van der Waals surface area contributed by atoms with Crippen molar-refractivity contribution in [2.75, 3.05) is 72.7 Å². The fourth-order valence-electron chi connectivity index (χ4n) is 10.9. The van der Waals surface area contributed by atoms with Gasteiger partial charge in [0.25, 0.3) is 0 Å². The van der Waals surface area contributed by atoms with Crippen molar-refractivity contribution in [3.05, 3.63) is 11.6 Å². The highest BCUT2D eigenvalue weighted by atomic mass is 16.7. The highest BCUT2D eigenvalue weighted by molar-refractivity contribution is 5.25. The van der Waals surface area contributed by atoms with Gasteiger partial charge in [-0.15, -0.1) is 0 Å². The molecule has 3 saturated carbocycles. The van der Waals surface area contributed by atoms with E-state index in [-0.39, 0.29) is 6.29 Å². The fourth-order valence-corrected chi connectivity index (χ4v) is 10.9. The van der Waals surface area contributed by atoms with Crippen LogP contribution in [0.4, 0.5) is 0 Å². The third-order valence-electron chi connectivity index (χ3n) is 13.6. The summed E-state index contributed by atoms with van der Waals surface area (Å²) in [7, 11) is 0. The first kappa shape index (κ1) is 39.7. The topological polar surface area (TPSA) is 64.6 Å². The molecule has 1 saturated heterocycles. The average Bonchev–Trinajstić information content (AvgIpc) is 3.45. The highest BCUT2D eigenvalue weighted by Crippen LogP contribution is 2.67. The molecular formula is C42H74O7. The lowest BCUT2D eigenvalue weighted by Crippen LogP contribution is -2.51. The van der Waals surface area contributed by atoms with Crippen molar-refractivity contribution < 1.29 is 33.2 Å². The molecule has 1 aliphatic heterocycles. The molecule has 5 rings (SSSR count). The summed E-state index contributed by atoms with van der Waals surface area (Å²) in [5.74, 6) is 5.35. The minimum absolute atomic E-state index is 0.0503. The van der Waals surface area contributed by atoms with Crippen molar-refractivity contribution in [2.24, 2.45) is 46.3 Å². The minimum atomic E-state index is -0.0503. The summed E-state index contributed by atoms with van der Waals surface area (Å²) in [6.45, 7) is 19.3. The molecule has 0 aromatic carbocycles. The summed E-state index contributed by atoms with van der Waals surface area (Å²) in [5.41, 5.74) is 2.66. The van der Waals surface area contributed by atoms with E-state index in [0.717, 1.165) is 61.4 Å². The summed E-state index contributed by atoms with van der Waals surface area (Å²) < 4.78 is 40.2. The molecule has 284 valence electrons. The lowest BCUT2D eigenvalue weighted by molar-refractivity contribution is -0.169. The van der Waals surface area contributed by atoms with Crippen molar-refractivity contribution in [1.82, 2.24) is 0 Å². The smallest absolute Gasteiger partial charge is 0.157 e. The molecule has 4 fully saturated rings. The van der Waals surface area contributed by atoms with E-state index in [4.69, 9.17) is 33.2 Å². The van der Waals surface area contributed by atoms with Crippen LogP contribution >= 0.6 is 0 Å². The largest absolute Gasteiger partial charge is 0.377 e. The summed E-state index contributed by atoms with van der Waals surface area (Å²) in [4.78, 5) is 0. The Morgan fingerprint density at radius 1 is 0.714 bits per heavy atom. The molecule has 49 heavy (non-hydrogen) atoms. The molecule has 4 aliphatic carbocycles. The number of ether oxygens (including phenoxy) is 7. The first-order valence-corrected chi connectivity index (χ1v) is 20.7. The van der Waals surface area contributed by atoms with Gasteiger partial charge in [-0.05, 0) is 117 Å². The summed E-state index contributed by atoms with van der Waals surface area (Å²) in [5, 5.41) is 0. The van der Waals surface area contributed by atoms with Gasteiger partial charge in [0.1, 0.15) is 0 Å². The van der Waals surface area contributed by atoms with Crippen LogP contribution in [-0.4, -0.2) is 85.1 Å². The van der Waals surface area contributed by atoms with Crippen molar-refractivity contribution in [2.45, 2.75) is 137 Å². The number of hydrogen-bond donors (Lipinski definition) is 0. The first-order valence-electron chi connectivity index (χ1n) is 20.7. The van der Waals surface area contributed by atoms with E-state index in [2.05, 4.69) is 40.7 Å². The quantitative estimate of drug-likeness (QED) is 0.0830. The van der Waals surface area contributed by atoms with Crippen LogP contribution in [0, 0.1) is 46.3 Å². The average molecular weight is 691 g/mol. The zero-order valence-electron chi connectivity index (χ0n) is 32.2. The highest BCUT2D eigenvalue weighted by Gasteiger charge is 2.59. The first-order chi connectivity index (χ1) is 23.8. The van der Waals surface area contributed by atoms with Crippen LogP contribution in [0.15, 0.2) is 11.6 Å². The van der Waals surface area contributed by atoms with E-state index in [1.165, 1.54) is 70.6 Å². The molecule has 7 nitrogen and oxygen atoms in total. The van der Waals surface area contributed by atoms with Crippen LogP contribution in [0.3, 0.4) is 0 Å². The maximum atomic E-state index is 6.37. The van der Waals surface area contributed by atoms with E-state index in [1.54, 1.807) is 5.57 Å². The third-order valence-corrected chi connectivity index (χ3v) is 13.6. The molecule has 0 aromatic heterocycles. The third kappa shape index (κ3) is 11.0. The Morgan fingerprint density at radius 2 is 1.39 bits per heavy atom. The Hall–Kier alpha value is -0.540. The molecule has 1 heterocycles. The fraction of sp³-hybridized carbons (Fsp3) is 0.952. The zero-order valence-corrected chi connectivity index (χ0v) is 32.2. The van der Waals surface area contributed by atoms with Crippen LogP contribution in [0.5, 0.6) is 0 Å². The molecule has 0 spiro atoms. The molecule has 5 aliphatic rings. The van der Waals surface area contributed by atoms with Gasteiger partial charge in [0, 0.05) is 6.61 Å². The van der Waals surface area contributed by atoms with Crippen LogP contribution in [0.1, 0.15) is 125 Å². The van der Waals surface area contributed by atoms with E-state index in [9.17, 15) is 0 Å². The van der Waals surface area contributed by atoms with Gasteiger partial charge in [-0.2, -0.15) is 0 Å². The minimum Gasteiger partial charge on any atom is -0.377 e. The Bertz CT molecular complexity index is 965. The summed E-state index contributed by atoms with van der Waals surface area (Å²) in [6.07, 6.45) is 21.3. The van der Waals surface area contributed by atoms with Crippen molar-refractivity contribution in [3.63, 3.8) is 0 Å². The SMILES string of the molecule is CC(C)CCC[C@@H](C)[C@H]1CC[C@H]2[C@@H]3CC=C4C[C@H](OCCOCCOCCOCCOCCOC5CCCCO5)CC[C@]4(C)[C@H]3CC[C@]12C. The van der Waals surface area contributed by atoms with Gasteiger partial charge < -0.3 is 33.2 Å². The van der Waals surface area contributed by atoms with Crippen LogP contribution < -0.4 is 0 Å². The zero-order chi connectivity index (χ0) is 34.5. The van der Waals surface area contributed by atoms with Crippen molar-refractivity contribution >= 4 is 0 Å². The number of rotatable bonds is 22. The molecule has 0 N–H and O–H groups in total. The number of fused-ring (bicyclic) bond motifs is 5. The Morgan fingerprint density at radius 3 is 2.04 bits per heavy atom. The van der Waals surface area contributed by atoms with E-state index in [0.29, 0.717) is 83.0 Å². The second kappa shape index (κ2) is 20.1. The van der Waals surface area contributed by atoms with Gasteiger partial charge in [0.2, 0.25) is 0 Å². The van der Waals surface area contributed by atoms with Crippen molar-refractivity contribution in [3.8, 4) is 0 Å². The van der Waals surface area contributed by atoms with E-state index >= 15 is 0 Å². The summed E-state index contributed by atoms with van der Waals surface area (Å²) in [6, 6.07) is 0. The van der Waals surface area contributed by atoms with Gasteiger partial charge in [-0.3, -0.25) is 0 Å². The monoisotopic (exact) mass is 691 g/mol. The van der Waals surface area contributed by atoms with Gasteiger partial charge in [0.15, 0.2) is 6.29 Å². The lowest BCUT2D eigenvalue weighted by Gasteiger charge is -2.58. The predicted molar refractivity (Wildman–Crippen MR) is 196 cm³/mol. The Kier molecular flexibility index (Phi) is 16.2. The molecule has 7 heteroatoms. The normalized spacial score (nSPS) is 35.1. The maximum absolute atomic E-state index is 6.37. The maximum Gasteiger partial charge on any atom is 0.157 e. The lowest BCUT2D eigenvalue weighted by atomic mass is 9.47. The van der Waals surface area contributed by atoms with E-state index in [1.807, 2.05) is 0 Å². The molecule has 1 unspecified atom stereocenters. The second-order valence-electron chi connectivity index (χ2n) is 17.1. The molecular weight excluding hydrogens is 616 g/mol. The van der Waals surface area contributed by atoms with Gasteiger partial charge in [-0.1, -0.05) is 65.5 Å². The number of allylic oxidation sites excluding steroid dienone is 1. The van der Waals surface area contributed by atoms with Crippen molar-refractivity contribution in [1.29, 1.82) is 0 Å². The van der Waals surface area contributed by atoms with Gasteiger partial charge >= 0.3 is 0 Å². The molecule has 0 amide bonds. The molecule has 9 atom stereocenters. The molecule has 0 bridgehead atoms. The van der Waals surface area contributed by atoms with Crippen LogP contribution in [-0.2, 0) is 33.2 Å². The Balaban J connectivity index is 0.891. The standard InChI is InChI=1S/C42H74O7/c1-32(2)9-8-10-33(3)37-14-15-38-36-13-12-34-31-35(16-18-41(34,4)39(36)17-19-42(37,38)5)47-29-27-45-25-23-43-21-22-44-24-26-46-28-30-49-40-11-6-7-20-48-40/h12,32-33,35-40H,6-11,13-31H2,1-5H3/t33-,35-,36+,37-,38+,39+,40?,41+,42-/m1/s1. The van der Waals surface area contributed by atoms with E-state index < -0.39 is 0 Å². The van der Waals surface area contributed by atoms with Gasteiger partial charge in [0.05, 0.1) is 72.2 Å². The Labute approximate surface area is 300 Å².